The number of thioether (sulfide) groups is 1. The van der Waals surface area contributed by atoms with Crippen molar-refractivity contribution in [1.29, 1.82) is 0 Å². The maximum absolute atomic E-state index is 12.2. The van der Waals surface area contributed by atoms with Gasteiger partial charge < -0.3 is 9.73 Å². The maximum atomic E-state index is 12.2. The van der Waals surface area contributed by atoms with Crippen LogP contribution in [-0.2, 0) is 17.8 Å². The van der Waals surface area contributed by atoms with Gasteiger partial charge >= 0.3 is 0 Å². The van der Waals surface area contributed by atoms with Gasteiger partial charge in [-0.2, -0.15) is 0 Å². The van der Waals surface area contributed by atoms with Crippen molar-refractivity contribution in [3.63, 3.8) is 0 Å². The Kier molecular flexibility index (Phi) is 6.12. The Balaban J connectivity index is 1.51. The minimum absolute atomic E-state index is 0.0844. The number of nitrogens with one attached hydrogen (secondary N) is 1. The summed E-state index contributed by atoms with van der Waals surface area (Å²) in [5.41, 5.74) is 3.58. The van der Waals surface area contributed by atoms with E-state index in [1.54, 1.807) is 12.3 Å². The molecule has 0 aliphatic heterocycles. The van der Waals surface area contributed by atoms with Crippen molar-refractivity contribution < 1.29 is 9.21 Å². The molecule has 5 nitrogen and oxygen atoms in total. The number of halogens is 1. The topological polar surface area (TPSA) is 68.0 Å². The monoisotopic (exact) mass is 423 g/mol. The van der Waals surface area contributed by atoms with Crippen LogP contribution in [0.4, 0.5) is 0 Å². The van der Waals surface area contributed by atoms with Crippen molar-refractivity contribution in [3.8, 4) is 0 Å². The molecule has 1 amide bonds. The van der Waals surface area contributed by atoms with Crippen LogP contribution in [0.15, 0.2) is 76.4 Å². The van der Waals surface area contributed by atoms with Gasteiger partial charge in [0.05, 0.1) is 35.3 Å². The number of aromatic nitrogens is 2. The minimum Gasteiger partial charge on any atom is -0.467 e. The molecule has 1 N–H and O–H groups in total. The summed E-state index contributed by atoms with van der Waals surface area (Å²) in [4.78, 5) is 21.8. The van der Waals surface area contributed by atoms with Gasteiger partial charge in [0.1, 0.15) is 10.8 Å². The zero-order valence-electron chi connectivity index (χ0n) is 15.5. The zero-order valence-corrected chi connectivity index (χ0v) is 17.0. The maximum Gasteiger partial charge on any atom is 0.230 e. The molecule has 0 radical (unpaired) electrons. The van der Waals surface area contributed by atoms with E-state index in [4.69, 9.17) is 26.0 Å². The lowest BCUT2D eigenvalue weighted by atomic mass is 10.1. The highest BCUT2D eigenvalue weighted by Gasteiger charge is 2.13. The first-order chi connectivity index (χ1) is 14.2. The van der Waals surface area contributed by atoms with E-state index in [-0.39, 0.29) is 11.7 Å². The van der Waals surface area contributed by atoms with E-state index in [0.717, 1.165) is 33.1 Å². The number of carbonyl (C=O) groups excluding carboxylic acids is 1. The van der Waals surface area contributed by atoms with Crippen LogP contribution in [0.5, 0.6) is 0 Å². The molecule has 0 saturated carbocycles. The Morgan fingerprint density at radius 1 is 1.00 bits per heavy atom. The van der Waals surface area contributed by atoms with Crippen molar-refractivity contribution in [2.75, 3.05) is 5.75 Å². The number of amides is 1. The van der Waals surface area contributed by atoms with Crippen molar-refractivity contribution in [3.05, 3.63) is 89.0 Å². The fourth-order valence-electron chi connectivity index (χ4n) is 2.83. The molecule has 2 heterocycles. The molecule has 146 valence electrons. The van der Waals surface area contributed by atoms with Crippen molar-refractivity contribution in [2.24, 2.45) is 0 Å². The van der Waals surface area contributed by atoms with E-state index >= 15 is 0 Å². The number of hydrogen-bond acceptors (Lipinski definition) is 5. The van der Waals surface area contributed by atoms with Crippen molar-refractivity contribution >= 4 is 40.3 Å². The van der Waals surface area contributed by atoms with E-state index in [2.05, 4.69) is 5.32 Å². The largest absolute Gasteiger partial charge is 0.467 e. The molecular weight excluding hydrogens is 406 g/mol. The SMILES string of the molecule is O=C(CSc1nc2ccccc2nc1Cc1ccc(Cl)cc1)NCc1ccco1. The first kappa shape index (κ1) is 19.5. The van der Waals surface area contributed by atoms with E-state index in [9.17, 15) is 4.79 Å². The molecule has 0 bridgehead atoms. The first-order valence-corrected chi connectivity index (χ1v) is 10.5. The number of hydrogen-bond donors (Lipinski definition) is 1. The minimum atomic E-state index is -0.0844. The number of furan rings is 1. The zero-order chi connectivity index (χ0) is 20.1. The van der Waals surface area contributed by atoms with Gasteiger partial charge in [-0.3, -0.25) is 4.79 Å². The molecule has 29 heavy (non-hydrogen) atoms. The molecule has 0 spiro atoms. The van der Waals surface area contributed by atoms with Crippen LogP contribution in [0.25, 0.3) is 11.0 Å². The van der Waals surface area contributed by atoms with Gasteiger partial charge in [0, 0.05) is 11.4 Å². The van der Waals surface area contributed by atoms with Crippen LogP contribution >= 0.6 is 23.4 Å². The summed E-state index contributed by atoms with van der Waals surface area (Å²) >= 11 is 7.38. The lowest BCUT2D eigenvalue weighted by Crippen LogP contribution is -2.24. The number of benzene rings is 2. The van der Waals surface area contributed by atoms with Gasteiger partial charge in [0.15, 0.2) is 0 Å². The van der Waals surface area contributed by atoms with Crippen molar-refractivity contribution in [1.82, 2.24) is 15.3 Å². The highest BCUT2D eigenvalue weighted by atomic mass is 35.5. The van der Waals surface area contributed by atoms with Gasteiger partial charge in [-0.1, -0.05) is 47.6 Å². The Hall–Kier alpha value is -2.83. The lowest BCUT2D eigenvalue weighted by Gasteiger charge is -2.10. The molecule has 2 aromatic heterocycles. The second-order valence-electron chi connectivity index (χ2n) is 6.41. The van der Waals surface area contributed by atoms with Crippen LogP contribution in [0.3, 0.4) is 0 Å². The van der Waals surface area contributed by atoms with Crippen LogP contribution < -0.4 is 5.32 Å². The Morgan fingerprint density at radius 3 is 2.48 bits per heavy atom. The standard InChI is InChI=1S/C22H18ClN3O2S/c23-16-9-7-15(8-10-16)12-20-22(26-19-6-2-1-5-18(19)25-20)29-14-21(27)24-13-17-4-3-11-28-17/h1-11H,12-14H2,(H,24,27). The molecule has 4 aromatic rings. The summed E-state index contributed by atoms with van der Waals surface area (Å²) in [6.45, 7) is 0.368. The average molecular weight is 424 g/mol. The van der Waals surface area contributed by atoms with E-state index < -0.39 is 0 Å². The third kappa shape index (κ3) is 5.16. The third-order valence-corrected chi connectivity index (χ3v) is 5.53. The van der Waals surface area contributed by atoms with Crippen LogP contribution in [-0.4, -0.2) is 21.6 Å². The average Bonchev–Trinajstić information content (AvgIpc) is 3.26. The van der Waals surface area contributed by atoms with Gasteiger partial charge in [-0.05, 0) is 42.0 Å². The molecule has 2 aromatic carbocycles. The summed E-state index contributed by atoms with van der Waals surface area (Å²) in [7, 11) is 0. The van der Waals surface area contributed by atoms with Gasteiger partial charge in [0.2, 0.25) is 5.91 Å². The molecule has 7 heteroatoms. The summed E-state index contributed by atoms with van der Waals surface area (Å²) in [5, 5.41) is 4.30. The molecule has 0 unspecified atom stereocenters. The van der Waals surface area contributed by atoms with Crippen molar-refractivity contribution in [2.45, 2.75) is 18.0 Å². The van der Waals surface area contributed by atoms with E-state index in [1.165, 1.54) is 11.8 Å². The van der Waals surface area contributed by atoms with E-state index in [0.29, 0.717) is 18.0 Å². The second-order valence-corrected chi connectivity index (χ2v) is 7.81. The Morgan fingerprint density at radius 2 is 1.76 bits per heavy atom. The predicted molar refractivity (Wildman–Crippen MR) is 115 cm³/mol. The molecule has 0 aliphatic rings. The number of para-hydroxylation sites is 2. The number of carbonyl (C=O) groups is 1. The molecule has 0 atom stereocenters. The molecule has 0 aliphatic carbocycles. The molecule has 0 fully saturated rings. The fraction of sp³-hybridized carbons (Fsp3) is 0.136. The smallest absolute Gasteiger partial charge is 0.230 e. The second kappa shape index (κ2) is 9.11. The van der Waals surface area contributed by atoms with Crippen LogP contribution in [0, 0.1) is 0 Å². The van der Waals surface area contributed by atoms with Crippen LogP contribution in [0.2, 0.25) is 5.02 Å². The number of fused-ring (bicyclic) bond motifs is 1. The Bertz CT molecular complexity index is 1110. The van der Waals surface area contributed by atoms with Gasteiger partial charge in [0.25, 0.3) is 0 Å². The first-order valence-electron chi connectivity index (χ1n) is 9.09. The molecule has 0 saturated heterocycles. The highest BCUT2D eigenvalue weighted by molar-refractivity contribution is 7.99. The summed E-state index contributed by atoms with van der Waals surface area (Å²) in [6, 6.07) is 19.0. The predicted octanol–water partition coefficient (Wildman–Crippen LogP) is 4.88. The lowest BCUT2D eigenvalue weighted by molar-refractivity contribution is -0.118. The van der Waals surface area contributed by atoms with E-state index in [1.807, 2.05) is 54.6 Å². The summed E-state index contributed by atoms with van der Waals surface area (Å²) in [5.74, 6) is 0.887. The number of rotatable bonds is 7. The quantitative estimate of drug-likeness (QED) is 0.429. The van der Waals surface area contributed by atoms with Gasteiger partial charge in [-0.15, -0.1) is 0 Å². The third-order valence-electron chi connectivity index (χ3n) is 4.27. The Labute approximate surface area is 177 Å². The highest BCUT2D eigenvalue weighted by Crippen LogP contribution is 2.25. The summed E-state index contributed by atoms with van der Waals surface area (Å²) < 4.78 is 5.24. The van der Waals surface area contributed by atoms with Gasteiger partial charge in [-0.25, -0.2) is 9.97 Å². The fourth-order valence-corrected chi connectivity index (χ4v) is 3.77. The molecule has 4 rings (SSSR count). The van der Waals surface area contributed by atoms with Crippen LogP contribution in [0.1, 0.15) is 17.0 Å². The normalized spacial score (nSPS) is 10.9. The number of nitrogens with zero attached hydrogens (tertiary/aromatic N) is 2. The molecular formula is C22H18ClN3O2S. The summed E-state index contributed by atoms with van der Waals surface area (Å²) in [6.07, 6.45) is 2.20.